The van der Waals surface area contributed by atoms with E-state index in [1.165, 1.54) is 17.0 Å². The van der Waals surface area contributed by atoms with Crippen molar-refractivity contribution in [2.45, 2.75) is 44.6 Å². The van der Waals surface area contributed by atoms with Crippen LogP contribution in [-0.2, 0) is 14.2 Å². The SMILES string of the molecule is CC1(C)O[C@@H]2O[C@H](/C=C/c3ccc(-c4cc(F)cc(F)c4)cc3)[C@H](CCN3C(=O)c4ccccc4C3=O)[C@@H]2O1. The third-order valence-corrected chi connectivity index (χ3v) is 7.37. The van der Waals surface area contributed by atoms with E-state index in [4.69, 9.17) is 14.2 Å². The number of nitrogens with zero attached hydrogens (tertiary/aromatic N) is 1. The number of ether oxygens (including phenoxy) is 3. The molecule has 8 heteroatoms. The molecule has 2 amide bonds. The molecule has 0 N–H and O–H groups in total. The molecule has 0 radical (unpaired) electrons. The summed E-state index contributed by atoms with van der Waals surface area (Å²) in [4.78, 5) is 27.0. The first-order chi connectivity index (χ1) is 18.7. The molecule has 6 rings (SSSR count). The number of fused-ring (bicyclic) bond motifs is 2. The second-order valence-electron chi connectivity index (χ2n) is 10.5. The predicted molar refractivity (Wildman–Crippen MR) is 139 cm³/mol. The number of hydrogen-bond donors (Lipinski definition) is 0. The van der Waals surface area contributed by atoms with Crippen molar-refractivity contribution in [1.29, 1.82) is 0 Å². The number of carbonyl (C=O) groups is 2. The minimum atomic E-state index is -0.802. The van der Waals surface area contributed by atoms with Crippen molar-refractivity contribution in [3.63, 3.8) is 0 Å². The summed E-state index contributed by atoms with van der Waals surface area (Å²) in [6.45, 7) is 3.89. The molecule has 3 aromatic rings. The van der Waals surface area contributed by atoms with Crippen LogP contribution in [0, 0.1) is 17.6 Å². The average Bonchev–Trinajstić information content (AvgIpc) is 3.46. The van der Waals surface area contributed by atoms with Crippen molar-refractivity contribution in [3.05, 3.63) is 101 Å². The molecular formula is C31H27F2NO5. The Morgan fingerprint density at radius 1 is 0.872 bits per heavy atom. The maximum absolute atomic E-state index is 13.6. The number of carbonyl (C=O) groups excluding carboxylic acids is 2. The maximum atomic E-state index is 13.6. The fourth-order valence-electron chi connectivity index (χ4n) is 5.55. The van der Waals surface area contributed by atoms with Gasteiger partial charge in [0, 0.05) is 18.5 Å². The highest BCUT2D eigenvalue weighted by Crippen LogP contribution is 2.43. The third kappa shape index (κ3) is 4.91. The van der Waals surface area contributed by atoms with Crippen LogP contribution < -0.4 is 0 Å². The molecule has 0 unspecified atom stereocenters. The Hall–Kier alpha value is -3.72. The lowest BCUT2D eigenvalue weighted by atomic mass is 9.93. The van der Waals surface area contributed by atoms with Gasteiger partial charge < -0.3 is 14.2 Å². The summed E-state index contributed by atoms with van der Waals surface area (Å²) in [6.07, 6.45) is 3.01. The standard InChI is InChI=1S/C31H27F2NO5/c1-31(2)38-27-25(13-14-34-28(35)23-5-3-4-6-24(23)29(34)36)26(37-30(27)39-31)12-9-18-7-10-19(11-8-18)20-15-21(32)17-22(33)16-20/h3-12,15-17,25-27,30H,13-14H2,1-2H3/b12-9+/t25-,26+,27-,30-/m0/s1. The summed E-state index contributed by atoms with van der Waals surface area (Å²) >= 11 is 0. The molecular weight excluding hydrogens is 504 g/mol. The third-order valence-electron chi connectivity index (χ3n) is 7.37. The minimum absolute atomic E-state index is 0.160. The molecule has 3 aliphatic heterocycles. The monoisotopic (exact) mass is 531 g/mol. The summed E-state index contributed by atoms with van der Waals surface area (Å²) in [5, 5.41) is 0. The second-order valence-corrected chi connectivity index (χ2v) is 10.5. The molecule has 3 heterocycles. The topological polar surface area (TPSA) is 65.1 Å². The number of halogens is 2. The van der Waals surface area contributed by atoms with E-state index in [0.717, 1.165) is 11.6 Å². The fourth-order valence-corrected chi connectivity index (χ4v) is 5.55. The van der Waals surface area contributed by atoms with Gasteiger partial charge in [-0.2, -0.15) is 0 Å². The lowest BCUT2D eigenvalue weighted by Gasteiger charge is -2.25. The Kier molecular flexibility index (Phi) is 6.41. The lowest BCUT2D eigenvalue weighted by molar-refractivity contribution is -0.205. The van der Waals surface area contributed by atoms with Crippen molar-refractivity contribution in [2.75, 3.05) is 6.54 Å². The van der Waals surface area contributed by atoms with Gasteiger partial charge in [-0.25, -0.2) is 8.78 Å². The van der Waals surface area contributed by atoms with Gasteiger partial charge in [0.25, 0.3) is 11.8 Å². The summed E-state index contributed by atoms with van der Waals surface area (Å²) in [5.41, 5.74) is 2.87. The molecule has 0 aliphatic carbocycles. The van der Waals surface area contributed by atoms with Crippen LogP contribution >= 0.6 is 0 Å². The highest BCUT2D eigenvalue weighted by molar-refractivity contribution is 6.21. The molecule has 3 aromatic carbocycles. The molecule has 39 heavy (non-hydrogen) atoms. The number of amides is 2. The van der Waals surface area contributed by atoms with Gasteiger partial charge in [0.05, 0.1) is 17.2 Å². The molecule has 6 nitrogen and oxygen atoms in total. The number of hydrogen-bond acceptors (Lipinski definition) is 5. The van der Waals surface area contributed by atoms with E-state index in [2.05, 4.69) is 0 Å². The van der Waals surface area contributed by atoms with Crippen LogP contribution in [0.5, 0.6) is 0 Å². The van der Waals surface area contributed by atoms with Crippen LogP contribution in [0.4, 0.5) is 8.78 Å². The second kappa shape index (κ2) is 9.79. The minimum Gasteiger partial charge on any atom is -0.342 e. The summed E-state index contributed by atoms with van der Waals surface area (Å²) in [6, 6.07) is 17.6. The zero-order chi connectivity index (χ0) is 27.3. The molecule has 2 saturated heterocycles. The van der Waals surface area contributed by atoms with Crippen LogP contribution in [0.3, 0.4) is 0 Å². The molecule has 0 spiro atoms. The van der Waals surface area contributed by atoms with Gasteiger partial charge in [0.2, 0.25) is 0 Å². The summed E-state index contributed by atoms with van der Waals surface area (Å²) in [5.74, 6) is -2.80. The Bertz CT molecular complexity index is 1410. The average molecular weight is 532 g/mol. The Morgan fingerprint density at radius 3 is 2.15 bits per heavy atom. The van der Waals surface area contributed by atoms with E-state index >= 15 is 0 Å². The molecule has 0 saturated carbocycles. The normalized spacial score (nSPS) is 25.5. The van der Waals surface area contributed by atoms with Crippen LogP contribution in [0.1, 0.15) is 46.5 Å². The zero-order valence-electron chi connectivity index (χ0n) is 21.5. The molecule has 3 aliphatic rings. The van der Waals surface area contributed by atoms with Crippen LogP contribution in [0.2, 0.25) is 0 Å². The zero-order valence-corrected chi connectivity index (χ0v) is 21.5. The van der Waals surface area contributed by atoms with Gasteiger partial charge >= 0.3 is 0 Å². The number of benzene rings is 3. The summed E-state index contributed by atoms with van der Waals surface area (Å²) in [7, 11) is 0. The quantitative estimate of drug-likeness (QED) is 0.375. The molecule has 4 atom stereocenters. The van der Waals surface area contributed by atoms with Crippen molar-refractivity contribution < 1.29 is 32.6 Å². The Balaban J connectivity index is 1.18. The van der Waals surface area contributed by atoms with Crippen molar-refractivity contribution in [2.24, 2.45) is 5.92 Å². The molecule has 0 aromatic heterocycles. The molecule has 0 bridgehead atoms. The summed E-state index contributed by atoms with van der Waals surface area (Å²) < 4.78 is 45.5. The van der Waals surface area contributed by atoms with Gasteiger partial charge in [0.1, 0.15) is 17.7 Å². The van der Waals surface area contributed by atoms with Crippen LogP contribution in [0.25, 0.3) is 17.2 Å². The van der Waals surface area contributed by atoms with E-state index in [-0.39, 0.29) is 36.5 Å². The van der Waals surface area contributed by atoms with E-state index in [1.54, 1.807) is 36.4 Å². The van der Waals surface area contributed by atoms with E-state index < -0.39 is 23.7 Å². The Morgan fingerprint density at radius 2 is 1.51 bits per heavy atom. The van der Waals surface area contributed by atoms with Crippen molar-refractivity contribution in [3.8, 4) is 11.1 Å². The lowest BCUT2D eigenvalue weighted by Crippen LogP contribution is -2.36. The highest BCUT2D eigenvalue weighted by atomic mass is 19.1. The van der Waals surface area contributed by atoms with Gasteiger partial charge in [-0.05, 0) is 61.2 Å². The van der Waals surface area contributed by atoms with Crippen LogP contribution in [0.15, 0.2) is 72.8 Å². The van der Waals surface area contributed by atoms with Crippen molar-refractivity contribution >= 4 is 17.9 Å². The maximum Gasteiger partial charge on any atom is 0.261 e. The number of imide groups is 1. The molecule has 2 fully saturated rings. The van der Waals surface area contributed by atoms with E-state index in [9.17, 15) is 18.4 Å². The van der Waals surface area contributed by atoms with Gasteiger partial charge in [-0.1, -0.05) is 48.6 Å². The largest absolute Gasteiger partial charge is 0.342 e. The van der Waals surface area contributed by atoms with Crippen molar-refractivity contribution in [1.82, 2.24) is 4.90 Å². The first-order valence-corrected chi connectivity index (χ1v) is 12.9. The van der Waals surface area contributed by atoms with E-state index in [1.807, 2.05) is 38.1 Å². The number of rotatable bonds is 6. The fraction of sp³-hybridized carbons (Fsp3) is 0.290. The smallest absolute Gasteiger partial charge is 0.261 e. The van der Waals surface area contributed by atoms with Crippen LogP contribution in [-0.4, -0.2) is 47.5 Å². The van der Waals surface area contributed by atoms with Gasteiger partial charge in [-0.3, -0.25) is 14.5 Å². The first kappa shape index (κ1) is 25.6. The van der Waals surface area contributed by atoms with Gasteiger partial charge in [-0.15, -0.1) is 0 Å². The predicted octanol–water partition coefficient (Wildman–Crippen LogP) is 5.82. The molecule has 200 valence electrons. The Labute approximate surface area is 224 Å². The first-order valence-electron chi connectivity index (χ1n) is 12.9. The van der Waals surface area contributed by atoms with Gasteiger partial charge in [0.15, 0.2) is 12.1 Å². The highest BCUT2D eigenvalue weighted by Gasteiger charge is 2.54. The van der Waals surface area contributed by atoms with E-state index in [0.29, 0.717) is 28.7 Å².